The summed E-state index contributed by atoms with van der Waals surface area (Å²) >= 11 is 0. The van der Waals surface area contributed by atoms with Crippen LogP contribution in [0.5, 0.6) is 0 Å². The smallest absolute Gasteiger partial charge is 0.140 e. The normalized spacial score (nSPS) is 16.1. The second kappa shape index (κ2) is 5.85. The molecular formula is C16H22N4O. The number of methoxy groups -OCH3 is 1. The van der Waals surface area contributed by atoms with E-state index in [-0.39, 0.29) is 0 Å². The summed E-state index contributed by atoms with van der Waals surface area (Å²) in [7, 11) is 1.73. The highest BCUT2D eigenvalue weighted by molar-refractivity contribution is 5.91. The molecule has 1 aliphatic rings. The summed E-state index contributed by atoms with van der Waals surface area (Å²) in [5.41, 5.74) is 7.61. The van der Waals surface area contributed by atoms with Crippen LogP contribution < -0.4 is 10.6 Å². The van der Waals surface area contributed by atoms with Crippen LogP contribution in [0.2, 0.25) is 0 Å². The zero-order chi connectivity index (χ0) is 14.8. The maximum absolute atomic E-state index is 5.94. The highest BCUT2D eigenvalue weighted by Gasteiger charge is 2.33. The summed E-state index contributed by atoms with van der Waals surface area (Å²) in [5.74, 6) is 1.72. The fourth-order valence-corrected chi connectivity index (χ4v) is 2.81. The Morgan fingerprint density at radius 2 is 2.19 bits per heavy atom. The molecule has 1 unspecified atom stereocenters. The van der Waals surface area contributed by atoms with Crippen molar-refractivity contribution in [2.24, 2.45) is 5.92 Å². The third-order valence-electron chi connectivity index (χ3n) is 4.24. The molecule has 2 aromatic rings. The Bertz CT molecular complexity index is 627. The predicted octanol–water partition coefficient (Wildman–Crippen LogP) is 2.46. The Hall–Kier alpha value is -1.88. The molecule has 0 bridgehead atoms. The fraction of sp³-hybridized carbons (Fsp3) is 0.500. The van der Waals surface area contributed by atoms with Crippen molar-refractivity contribution in [3.63, 3.8) is 0 Å². The van der Waals surface area contributed by atoms with Crippen LogP contribution in [-0.4, -0.2) is 36.3 Å². The first-order chi connectivity index (χ1) is 10.2. The molecule has 1 heterocycles. The minimum atomic E-state index is 0.458. The van der Waals surface area contributed by atoms with Gasteiger partial charge in [-0.15, -0.1) is 0 Å². The maximum Gasteiger partial charge on any atom is 0.140 e. The van der Waals surface area contributed by atoms with Gasteiger partial charge in [-0.1, -0.05) is 0 Å². The van der Waals surface area contributed by atoms with Crippen LogP contribution >= 0.6 is 0 Å². The average Bonchev–Trinajstić information content (AvgIpc) is 3.32. The van der Waals surface area contributed by atoms with Crippen molar-refractivity contribution in [2.45, 2.75) is 25.8 Å². The van der Waals surface area contributed by atoms with Crippen LogP contribution in [0.1, 0.15) is 19.8 Å². The predicted molar refractivity (Wildman–Crippen MR) is 85.4 cm³/mol. The van der Waals surface area contributed by atoms with Crippen LogP contribution in [0.4, 0.5) is 11.5 Å². The number of nitrogens with two attached hydrogens (primary N) is 1. The molecule has 112 valence electrons. The molecular weight excluding hydrogens is 264 g/mol. The van der Waals surface area contributed by atoms with Gasteiger partial charge < -0.3 is 15.4 Å². The molecule has 21 heavy (non-hydrogen) atoms. The van der Waals surface area contributed by atoms with Gasteiger partial charge in [-0.3, -0.25) is 0 Å². The van der Waals surface area contributed by atoms with Crippen LogP contribution in [0.3, 0.4) is 0 Å². The van der Waals surface area contributed by atoms with E-state index in [2.05, 4.69) is 21.8 Å². The van der Waals surface area contributed by atoms with Crippen molar-refractivity contribution >= 4 is 22.4 Å². The number of hydrogen-bond donors (Lipinski definition) is 1. The minimum absolute atomic E-state index is 0.458. The lowest BCUT2D eigenvalue weighted by molar-refractivity contribution is 0.202. The number of nitrogen functional groups attached to an aromatic ring is 1. The number of hydrogen-bond acceptors (Lipinski definition) is 5. The first-order valence-electron chi connectivity index (χ1n) is 7.46. The second-order valence-corrected chi connectivity index (χ2v) is 5.74. The van der Waals surface area contributed by atoms with Crippen molar-refractivity contribution in [1.82, 2.24) is 9.97 Å². The lowest BCUT2D eigenvalue weighted by Crippen LogP contribution is -2.38. The van der Waals surface area contributed by atoms with Crippen LogP contribution in [0.25, 0.3) is 10.9 Å². The van der Waals surface area contributed by atoms with E-state index >= 15 is 0 Å². The lowest BCUT2D eigenvalue weighted by atomic mass is 10.1. The number of rotatable bonds is 6. The highest BCUT2D eigenvalue weighted by Crippen LogP contribution is 2.37. The van der Waals surface area contributed by atoms with Crippen LogP contribution in [-0.2, 0) is 4.74 Å². The molecule has 1 saturated carbocycles. The summed E-state index contributed by atoms with van der Waals surface area (Å²) in [6.45, 7) is 3.79. The molecule has 0 radical (unpaired) electrons. The third-order valence-corrected chi connectivity index (χ3v) is 4.24. The second-order valence-electron chi connectivity index (χ2n) is 5.74. The number of fused-ring (bicyclic) bond motifs is 1. The quantitative estimate of drug-likeness (QED) is 0.826. The first kappa shape index (κ1) is 14.1. The van der Waals surface area contributed by atoms with Crippen molar-refractivity contribution in [3.8, 4) is 0 Å². The van der Waals surface area contributed by atoms with Gasteiger partial charge in [-0.2, -0.15) is 0 Å². The zero-order valence-electron chi connectivity index (χ0n) is 12.6. The summed E-state index contributed by atoms with van der Waals surface area (Å²) in [6, 6.07) is 6.25. The molecule has 1 fully saturated rings. The highest BCUT2D eigenvalue weighted by atomic mass is 16.5. The van der Waals surface area contributed by atoms with Gasteiger partial charge in [0.15, 0.2) is 0 Å². The molecule has 0 amide bonds. The van der Waals surface area contributed by atoms with Gasteiger partial charge in [-0.05, 0) is 43.9 Å². The Labute approximate surface area is 125 Å². The number of aromatic nitrogens is 2. The Morgan fingerprint density at radius 3 is 2.90 bits per heavy atom. The van der Waals surface area contributed by atoms with Gasteiger partial charge in [0, 0.05) is 30.8 Å². The van der Waals surface area contributed by atoms with E-state index in [1.54, 1.807) is 13.4 Å². The number of ether oxygens (including phenoxy) is 1. The van der Waals surface area contributed by atoms with Crippen molar-refractivity contribution in [3.05, 3.63) is 24.5 Å². The summed E-state index contributed by atoms with van der Waals surface area (Å²) < 4.78 is 5.27. The van der Waals surface area contributed by atoms with Gasteiger partial charge in [0.25, 0.3) is 0 Å². The van der Waals surface area contributed by atoms with E-state index in [0.29, 0.717) is 12.6 Å². The summed E-state index contributed by atoms with van der Waals surface area (Å²) in [6.07, 6.45) is 4.24. The topological polar surface area (TPSA) is 64.3 Å². The Kier molecular flexibility index (Phi) is 3.92. The molecule has 3 rings (SSSR count). The van der Waals surface area contributed by atoms with E-state index in [1.807, 2.05) is 18.2 Å². The first-order valence-corrected chi connectivity index (χ1v) is 7.46. The Morgan fingerprint density at radius 1 is 1.38 bits per heavy atom. The van der Waals surface area contributed by atoms with E-state index in [9.17, 15) is 0 Å². The molecule has 5 nitrogen and oxygen atoms in total. The van der Waals surface area contributed by atoms with Crippen molar-refractivity contribution in [2.75, 3.05) is 30.9 Å². The van der Waals surface area contributed by atoms with Gasteiger partial charge in [-0.25, -0.2) is 9.97 Å². The minimum Gasteiger partial charge on any atom is -0.399 e. The zero-order valence-corrected chi connectivity index (χ0v) is 12.6. The number of benzene rings is 1. The Balaban J connectivity index is 2.02. The average molecular weight is 286 g/mol. The van der Waals surface area contributed by atoms with Gasteiger partial charge >= 0.3 is 0 Å². The largest absolute Gasteiger partial charge is 0.399 e. The van der Waals surface area contributed by atoms with Crippen molar-refractivity contribution < 1.29 is 4.74 Å². The summed E-state index contributed by atoms with van der Waals surface area (Å²) in [5, 5.41) is 1.01. The molecule has 0 aliphatic heterocycles. The molecule has 1 aromatic carbocycles. The molecule has 1 aromatic heterocycles. The van der Waals surface area contributed by atoms with E-state index < -0.39 is 0 Å². The van der Waals surface area contributed by atoms with Gasteiger partial charge in [0.1, 0.15) is 12.1 Å². The number of anilines is 2. The van der Waals surface area contributed by atoms with Gasteiger partial charge in [0.2, 0.25) is 0 Å². The van der Waals surface area contributed by atoms with E-state index in [4.69, 9.17) is 10.5 Å². The monoisotopic (exact) mass is 286 g/mol. The molecule has 0 saturated heterocycles. The van der Waals surface area contributed by atoms with Gasteiger partial charge in [0.05, 0.1) is 12.1 Å². The van der Waals surface area contributed by atoms with E-state index in [1.165, 1.54) is 12.8 Å². The SMILES string of the molecule is COCCN(c1ncnc2ccc(N)cc12)C(C)C1CC1. The lowest BCUT2D eigenvalue weighted by Gasteiger charge is -2.31. The third kappa shape index (κ3) is 2.93. The molecule has 0 spiro atoms. The molecule has 5 heteroatoms. The fourth-order valence-electron chi connectivity index (χ4n) is 2.81. The van der Waals surface area contributed by atoms with E-state index in [0.717, 1.165) is 34.9 Å². The molecule has 1 aliphatic carbocycles. The maximum atomic E-state index is 5.94. The standard InChI is InChI=1S/C16H22N4O/c1-11(12-3-4-12)20(7-8-21-2)16-14-9-13(17)5-6-15(14)18-10-19-16/h5-6,9-12H,3-4,7-8,17H2,1-2H3. The molecule has 1 atom stereocenters. The van der Waals surface area contributed by atoms with Crippen LogP contribution in [0.15, 0.2) is 24.5 Å². The number of nitrogens with zero attached hydrogens (tertiary/aromatic N) is 3. The van der Waals surface area contributed by atoms with Crippen molar-refractivity contribution in [1.29, 1.82) is 0 Å². The van der Waals surface area contributed by atoms with Crippen LogP contribution in [0, 0.1) is 5.92 Å². The molecule has 2 N–H and O–H groups in total. The summed E-state index contributed by atoms with van der Waals surface area (Å²) in [4.78, 5) is 11.2.